The molecular weight excluding hydrogens is 333 g/mol. The summed E-state index contributed by atoms with van der Waals surface area (Å²) in [6, 6.07) is 0. The first-order valence-electron chi connectivity index (χ1n) is 7.53. The number of ether oxygens (including phenoxy) is 3. The van der Waals surface area contributed by atoms with Crippen molar-refractivity contribution in [1.82, 2.24) is 0 Å². The van der Waals surface area contributed by atoms with Gasteiger partial charge in [-0.2, -0.15) is 13.2 Å². The van der Waals surface area contributed by atoms with E-state index in [2.05, 4.69) is 14.2 Å². The maximum Gasteiger partial charge on any atom is 0.456 e. The van der Waals surface area contributed by atoms with Crippen LogP contribution >= 0.6 is 0 Å². The maximum atomic E-state index is 13.5. The smallest absolute Gasteiger partial charge is 0.456 e. The van der Waals surface area contributed by atoms with Crippen LogP contribution in [0.2, 0.25) is 0 Å². The predicted molar refractivity (Wildman–Crippen MR) is 75.3 cm³/mol. The summed E-state index contributed by atoms with van der Waals surface area (Å²) in [4.78, 5) is 23.8. The molecule has 0 bridgehead atoms. The molecule has 0 unspecified atom stereocenters. The Labute approximate surface area is 137 Å². The Bertz CT molecular complexity index is 514. The van der Waals surface area contributed by atoms with Crippen LogP contribution in [0.3, 0.4) is 0 Å². The molecule has 0 aromatic rings. The minimum Gasteiger partial charge on any atom is -0.466 e. The SMILES string of the molecule is CCOC(=O)C1=C[C@@H](C(C)C)[C@H](C(=O)OCC)[C@@](O)(C(F)(F)F)O1. The third-order valence-corrected chi connectivity index (χ3v) is 3.61. The molecule has 0 fully saturated rings. The van der Waals surface area contributed by atoms with Gasteiger partial charge in [-0.3, -0.25) is 4.79 Å². The summed E-state index contributed by atoms with van der Waals surface area (Å²) < 4.78 is 54.3. The van der Waals surface area contributed by atoms with E-state index < -0.39 is 47.4 Å². The van der Waals surface area contributed by atoms with Gasteiger partial charge >= 0.3 is 23.9 Å². The van der Waals surface area contributed by atoms with Crippen LogP contribution in [0.25, 0.3) is 0 Å². The number of halogens is 3. The second-order valence-electron chi connectivity index (χ2n) is 5.60. The lowest BCUT2D eigenvalue weighted by atomic mass is 9.76. The lowest BCUT2D eigenvalue weighted by molar-refractivity contribution is -0.379. The molecule has 1 rings (SSSR count). The van der Waals surface area contributed by atoms with Crippen LogP contribution in [0.5, 0.6) is 0 Å². The van der Waals surface area contributed by atoms with E-state index in [1.54, 1.807) is 13.8 Å². The topological polar surface area (TPSA) is 82.1 Å². The molecule has 0 aromatic carbocycles. The molecular formula is C15H21F3O6. The zero-order valence-electron chi connectivity index (χ0n) is 13.8. The number of hydrogen-bond donors (Lipinski definition) is 1. The van der Waals surface area contributed by atoms with Crippen LogP contribution in [0.4, 0.5) is 13.2 Å². The van der Waals surface area contributed by atoms with Crippen LogP contribution in [0.15, 0.2) is 11.8 Å². The van der Waals surface area contributed by atoms with Gasteiger partial charge in [-0.15, -0.1) is 0 Å². The van der Waals surface area contributed by atoms with Crippen molar-refractivity contribution >= 4 is 11.9 Å². The number of alkyl halides is 3. The summed E-state index contributed by atoms with van der Waals surface area (Å²) in [5.41, 5.74) is 0. The molecule has 24 heavy (non-hydrogen) atoms. The summed E-state index contributed by atoms with van der Waals surface area (Å²) in [6.45, 7) is 5.76. The van der Waals surface area contributed by atoms with Crippen molar-refractivity contribution in [2.24, 2.45) is 17.8 Å². The molecule has 1 aliphatic rings. The van der Waals surface area contributed by atoms with Gasteiger partial charge in [0.05, 0.1) is 13.2 Å². The third-order valence-electron chi connectivity index (χ3n) is 3.61. The Morgan fingerprint density at radius 2 is 1.83 bits per heavy atom. The number of aliphatic hydroxyl groups is 1. The molecule has 1 heterocycles. The van der Waals surface area contributed by atoms with E-state index in [4.69, 9.17) is 0 Å². The number of esters is 2. The van der Waals surface area contributed by atoms with Crippen LogP contribution in [-0.2, 0) is 23.8 Å². The lowest BCUT2D eigenvalue weighted by Crippen LogP contribution is -2.61. The van der Waals surface area contributed by atoms with E-state index in [-0.39, 0.29) is 13.2 Å². The van der Waals surface area contributed by atoms with Crippen molar-refractivity contribution in [3.63, 3.8) is 0 Å². The molecule has 0 amide bonds. The molecule has 0 saturated heterocycles. The van der Waals surface area contributed by atoms with Crippen LogP contribution in [0, 0.1) is 17.8 Å². The fourth-order valence-corrected chi connectivity index (χ4v) is 2.47. The standard InChI is InChI=1S/C15H21F3O6/c1-5-22-12(19)10-7-9(8(3)4)11(13(20)23-6-2)14(21,24-10)15(16,17)18/h7-9,11,21H,5-6H2,1-4H3/t9-,11+,14-/m0/s1. The number of allylic oxidation sites excluding steroid dienone is 1. The molecule has 1 N–H and O–H groups in total. The summed E-state index contributed by atoms with van der Waals surface area (Å²) in [5.74, 6) is -10.8. The minimum atomic E-state index is -5.33. The highest BCUT2D eigenvalue weighted by molar-refractivity contribution is 5.87. The molecule has 1 aliphatic heterocycles. The number of rotatable bonds is 5. The molecule has 0 saturated carbocycles. The van der Waals surface area contributed by atoms with E-state index in [1.165, 1.54) is 13.8 Å². The maximum absolute atomic E-state index is 13.5. The molecule has 6 nitrogen and oxygen atoms in total. The van der Waals surface area contributed by atoms with Gasteiger partial charge in [0.1, 0.15) is 5.92 Å². The van der Waals surface area contributed by atoms with Crippen LogP contribution in [0.1, 0.15) is 27.7 Å². The van der Waals surface area contributed by atoms with Crippen LogP contribution in [-0.4, -0.2) is 42.2 Å². The quantitative estimate of drug-likeness (QED) is 0.762. The van der Waals surface area contributed by atoms with Gasteiger partial charge in [0.2, 0.25) is 5.76 Å². The van der Waals surface area contributed by atoms with Crippen molar-refractivity contribution in [2.45, 2.75) is 39.7 Å². The largest absolute Gasteiger partial charge is 0.466 e. The number of carbonyl (C=O) groups is 2. The highest BCUT2D eigenvalue weighted by Crippen LogP contribution is 2.48. The summed E-state index contributed by atoms with van der Waals surface area (Å²) in [6.07, 6.45) is -4.26. The first kappa shape index (κ1) is 20.3. The fourth-order valence-electron chi connectivity index (χ4n) is 2.47. The molecule has 138 valence electrons. The molecule has 3 atom stereocenters. The van der Waals surface area contributed by atoms with Crippen molar-refractivity contribution in [3.05, 3.63) is 11.8 Å². The first-order chi connectivity index (χ1) is 11.0. The zero-order chi connectivity index (χ0) is 18.7. The van der Waals surface area contributed by atoms with Crippen molar-refractivity contribution < 1.29 is 42.1 Å². The van der Waals surface area contributed by atoms with Gasteiger partial charge in [-0.25, -0.2) is 4.79 Å². The third kappa shape index (κ3) is 3.82. The lowest BCUT2D eigenvalue weighted by Gasteiger charge is -2.43. The Hall–Kier alpha value is -1.77. The van der Waals surface area contributed by atoms with E-state index >= 15 is 0 Å². The molecule has 9 heteroatoms. The monoisotopic (exact) mass is 354 g/mol. The summed E-state index contributed by atoms with van der Waals surface area (Å²) >= 11 is 0. The van der Waals surface area contributed by atoms with Crippen LogP contribution < -0.4 is 0 Å². The Balaban J connectivity index is 3.45. The second-order valence-corrected chi connectivity index (χ2v) is 5.60. The van der Waals surface area contributed by atoms with Gasteiger partial charge < -0.3 is 19.3 Å². The van der Waals surface area contributed by atoms with Crippen molar-refractivity contribution in [1.29, 1.82) is 0 Å². The highest BCUT2D eigenvalue weighted by atomic mass is 19.4. The molecule has 0 radical (unpaired) electrons. The number of carbonyl (C=O) groups excluding carboxylic acids is 2. The van der Waals surface area contributed by atoms with Gasteiger partial charge in [0.25, 0.3) is 0 Å². The fraction of sp³-hybridized carbons (Fsp3) is 0.733. The molecule has 0 aliphatic carbocycles. The van der Waals surface area contributed by atoms with Crippen molar-refractivity contribution in [3.8, 4) is 0 Å². The molecule has 0 aromatic heterocycles. The Morgan fingerprint density at radius 1 is 1.29 bits per heavy atom. The van der Waals surface area contributed by atoms with E-state index in [1.807, 2.05) is 0 Å². The minimum absolute atomic E-state index is 0.0857. The average Bonchev–Trinajstić information content (AvgIpc) is 2.45. The Kier molecular flexibility index (Phi) is 6.26. The van der Waals surface area contributed by atoms with E-state index in [9.17, 15) is 27.9 Å². The second kappa shape index (κ2) is 7.42. The zero-order valence-corrected chi connectivity index (χ0v) is 13.8. The van der Waals surface area contributed by atoms with Gasteiger partial charge in [0, 0.05) is 5.92 Å². The summed E-state index contributed by atoms with van der Waals surface area (Å²) in [7, 11) is 0. The van der Waals surface area contributed by atoms with E-state index in [0.717, 1.165) is 6.08 Å². The first-order valence-corrected chi connectivity index (χ1v) is 7.53. The number of hydrogen-bond acceptors (Lipinski definition) is 6. The normalized spacial score (nSPS) is 27.3. The van der Waals surface area contributed by atoms with Gasteiger partial charge in [-0.1, -0.05) is 13.8 Å². The Morgan fingerprint density at radius 3 is 2.25 bits per heavy atom. The predicted octanol–water partition coefficient (Wildman–Crippen LogP) is 2.17. The average molecular weight is 354 g/mol. The molecule has 0 spiro atoms. The van der Waals surface area contributed by atoms with E-state index in [0.29, 0.717) is 0 Å². The van der Waals surface area contributed by atoms with Crippen molar-refractivity contribution in [2.75, 3.05) is 13.2 Å². The summed E-state index contributed by atoms with van der Waals surface area (Å²) in [5, 5.41) is 10.2. The van der Waals surface area contributed by atoms with Gasteiger partial charge in [0.15, 0.2) is 0 Å². The highest BCUT2D eigenvalue weighted by Gasteiger charge is 2.68. The van der Waals surface area contributed by atoms with Gasteiger partial charge in [-0.05, 0) is 25.8 Å².